The second kappa shape index (κ2) is 5.58. The zero-order valence-corrected chi connectivity index (χ0v) is 13.3. The number of carbonyl (C=O) groups is 1. The van der Waals surface area contributed by atoms with Gasteiger partial charge < -0.3 is 4.42 Å². The first kappa shape index (κ1) is 15.7. The van der Waals surface area contributed by atoms with E-state index in [0.29, 0.717) is 5.13 Å². The summed E-state index contributed by atoms with van der Waals surface area (Å²) in [5, 5.41) is 4.33. The van der Waals surface area contributed by atoms with E-state index in [9.17, 15) is 13.2 Å². The number of amides is 1. The third-order valence-corrected chi connectivity index (χ3v) is 4.48. The van der Waals surface area contributed by atoms with Crippen LogP contribution in [0.25, 0.3) is 0 Å². The van der Waals surface area contributed by atoms with Crippen LogP contribution in [0.5, 0.6) is 0 Å². The fourth-order valence-electron chi connectivity index (χ4n) is 1.48. The molecule has 0 spiro atoms. The van der Waals surface area contributed by atoms with Gasteiger partial charge in [0.1, 0.15) is 0 Å². The van der Waals surface area contributed by atoms with E-state index in [1.807, 2.05) is 0 Å². The van der Waals surface area contributed by atoms with Crippen molar-refractivity contribution in [3.8, 4) is 0 Å². The molecule has 0 saturated carbocycles. The number of thiazole rings is 1. The molecule has 2 rings (SSSR count). The molecule has 0 bridgehead atoms. The maximum absolute atomic E-state index is 12.1. The van der Waals surface area contributed by atoms with Gasteiger partial charge in [-0.15, -0.1) is 11.3 Å². The van der Waals surface area contributed by atoms with Crippen molar-refractivity contribution in [1.82, 2.24) is 9.71 Å². The molecule has 21 heavy (non-hydrogen) atoms. The molecule has 2 N–H and O–H groups in total. The minimum absolute atomic E-state index is 0.0977. The first-order valence-corrected chi connectivity index (χ1v) is 8.38. The van der Waals surface area contributed by atoms with Crippen molar-refractivity contribution in [2.45, 2.75) is 31.4 Å². The molecule has 0 fully saturated rings. The highest BCUT2D eigenvalue weighted by Gasteiger charge is 2.26. The second-order valence-corrected chi connectivity index (χ2v) is 7.77. The van der Waals surface area contributed by atoms with E-state index in [0.717, 1.165) is 0 Å². The van der Waals surface area contributed by atoms with Gasteiger partial charge >= 0.3 is 0 Å². The number of anilines is 1. The van der Waals surface area contributed by atoms with Crippen molar-refractivity contribution in [3.05, 3.63) is 29.5 Å². The topological polar surface area (TPSA) is 101 Å². The number of nitrogens with zero attached hydrogens (tertiary/aromatic N) is 1. The average molecular weight is 329 g/mol. The summed E-state index contributed by atoms with van der Waals surface area (Å²) < 4.78 is 31.7. The van der Waals surface area contributed by atoms with E-state index < -0.39 is 21.5 Å². The maximum atomic E-state index is 12.1. The lowest BCUT2D eigenvalue weighted by molar-refractivity contribution is 0.0991. The van der Waals surface area contributed by atoms with Crippen LogP contribution in [0.2, 0.25) is 0 Å². The van der Waals surface area contributed by atoms with E-state index in [2.05, 4.69) is 15.0 Å². The van der Waals surface area contributed by atoms with Crippen LogP contribution in [0.15, 0.2) is 33.2 Å². The highest BCUT2D eigenvalue weighted by molar-refractivity contribution is 7.89. The minimum Gasteiger partial charge on any atom is -0.438 e. The van der Waals surface area contributed by atoms with Gasteiger partial charge in [0.15, 0.2) is 10.9 Å². The fraction of sp³-hybridized carbons (Fsp3) is 0.333. The van der Waals surface area contributed by atoms with Gasteiger partial charge in [-0.05, 0) is 32.9 Å². The monoisotopic (exact) mass is 329 g/mol. The van der Waals surface area contributed by atoms with Gasteiger partial charge in [-0.1, -0.05) is 0 Å². The summed E-state index contributed by atoms with van der Waals surface area (Å²) >= 11 is 1.25. The number of hydrogen-bond acceptors (Lipinski definition) is 6. The molecule has 1 amide bonds. The Balaban J connectivity index is 2.16. The zero-order valence-electron chi connectivity index (χ0n) is 11.7. The van der Waals surface area contributed by atoms with E-state index in [1.165, 1.54) is 23.5 Å². The molecule has 114 valence electrons. The predicted molar refractivity (Wildman–Crippen MR) is 78.8 cm³/mol. The van der Waals surface area contributed by atoms with E-state index in [1.54, 1.807) is 32.3 Å². The molecule has 2 heterocycles. The smallest absolute Gasteiger partial charge is 0.293 e. The Morgan fingerprint density at radius 1 is 1.33 bits per heavy atom. The molecule has 0 radical (unpaired) electrons. The average Bonchev–Trinajstić information content (AvgIpc) is 2.95. The summed E-state index contributed by atoms with van der Waals surface area (Å²) in [5.41, 5.74) is -0.644. The van der Waals surface area contributed by atoms with Crippen molar-refractivity contribution < 1.29 is 17.6 Å². The highest BCUT2D eigenvalue weighted by atomic mass is 32.2. The molecule has 7 nitrogen and oxygen atoms in total. The van der Waals surface area contributed by atoms with Gasteiger partial charge in [0, 0.05) is 17.1 Å². The van der Waals surface area contributed by atoms with Gasteiger partial charge in [0.2, 0.25) is 5.09 Å². The summed E-state index contributed by atoms with van der Waals surface area (Å²) in [4.78, 5) is 15.8. The van der Waals surface area contributed by atoms with Crippen LogP contribution in [-0.2, 0) is 10.0 Å². The lowest BCUT2D eigenvalue weighted by atomic mass is 10.1. The first-order chi connectivity index (χ1) is 9.67. The SMILES string of the molecule is CC(C)(C)NS(=O)(=O)c1ccc(C(=O)Nc2nccs2)o1. The van der Waals surface area contributed by atoms with Gasteiger partial charge in [-0.25, -0.2) is 18.1 Å². The summed E-state index contributed by atoms with van der Waals surface area (Å²) in [6, 6.07) is 2.55. The molecular weight excluding hydrogens is 314 g/mol. The van der Waals surface area contributed by atoms with Crippen molar-refractivity contribution in [2.75, 3.05) is 5.32 Å². The second-order valence-electron chi connectivity index (χ2n) is 5.27. The molecule has 0 atom stereocenters. The Kier molecular flexibility index (Phi) is 4.17. The fourth-order valence-corrected chi connectivity index (χ4v) is 3.36. The van der Waals surface area contributed by atoms with Crippen LogP contribution in [0.4, 0.5) is 5.13 Å². The molecular formula is C12H15N3O4S2. The number of hydrogen-bond donors (Lipinski definition) is 2. The van der Waals surface area contributed by atoms with Crippen LogP contribution in [0, 0.1) is 0 Å². The Morgan fingerprint density at radius 3 is 2.62 bits per heavy atom. The summed E-state index contributed by atoms with van der Waals surface area (Å²) in [6.45, 7) is 5.14. The lowest BCUT2D eigenvalue weighted by Gasteiger charge is -2.18. The third kappa shape index (κ3) is 4.13. The molecule has 0 aliphatic carbocycles. The molecule has 0 saturated heterocycles. The van der Waals surface area contributed by atoms with Crippen LogP contribution in [0.3, 0.4) is 0 Å². The van der Waals surface area contributed by atoms with Crippen molar-refractivity contribution in [1.29, 1.82) is 0 Å². The Bertz CT molecular complexity index is 727. The van der Waals surface area contributed by atoms with Crippen molar-refractivity contribution in [3.63, 3.8) is 0 Å². The van der Waals surface area contributed by atoms with Gasteiger partial charge in [0.25, 0.3) is 15.9 Å². The number of nitrogens with one attached hydrogen (secondary N) is 2. The van der Waals surface area contributed by atoms with Gasteiger partial charge in [-0.2, -0.15) is 0 Å². The molecule has 0 aromatic carbocycles. The molecule has 0 aliphatic heterocycles. The van der Waals surface area contributed by atoms with Crippen LogP contribution in [0.1, 0.15) is 31.3 Å². The van der Waals surface area contributed by atoms with Crippen LogP contribution in [-0.4, -0.2) is 24.8 Å². The van der Waals surface area contributed by atoms with Crippen LogP contribution >= 0.6 is 11.3 Å². The largest absolute Gasteiger partial charge is 0.438 e. The Hall–Kier alpha value is -1.71. The predicted octanol–water partition coefficient (Wildman–Crippen LogP) is 2.07. The van der Waals surface area contributed by atoms with E-state index in [4.69, 9.17) is 4.42 Å². The zero-order chi connectivity index (χ0) is 15.7. The van der Waals surface area contributed by atoms with Gasteiger partial charge in [-0.3, -0.25) is 10.1 Å². The van der Waals surface area contributed by atoms with Crippen molar-refractivity contribution >= 4 is 32.4 Å². The molecule has 0 unspecified atom stereocenters. The lowest BCUT2D eigenvalue weighted by Crippen LogP contribution is -2.40. The number of aromatic nitrogens is 1. The Morgan fingerprint density at radius 2 is 2.05 bits per heavy atom. The van der Waals surface area contributed by atoms with E-state index >= 15 is 0 Å². The summed E-state index contributed by atoms with van der Waals surface area (Å²) in [5.74, 6) is -0.651. The van der Waals surface area contributed by atoms with Crippen molar-refractivity contribution in [2.24, 2.45) is 0 Å². The Labute approximate surface area is 126 Å². The van der Waals surface area contributed by atoms with E-state index in [-0.39, 0.29) is 10.9 Å². The van der Waals surface area contributed by atoms with Gasteiger partial charge in [0.05, 0.1) is 0 Å². The molecule has 2 aromatic rings. The number of carbonyl (C=O) groups excluding carboxylic acids is 1. The summed E-state index contributed by atoms with van der Waals surface area (Å²) in [6.07, 6.45) is 1.55. The molecule has 9 heteroatoms. The maximum Gasteiger partial charge on any atom is 0.293 e. The number of furan rings is 1. The third-order valence-electron chi connectivity index (χ3n) is 2.16. The molecule has 2 aromatic heterocycles. The minimum atomic E-state index is -3.80. The highest BCUT2D eigenvalue weighted by Crippen LogP contribution is 2.18. The molecule has 0 aliphatic rings. The standard InChI is InChI=1S/C12H15N3O4S2/c1-12(2,3)15-21(17,18)9-5-4-8(19-9)10(16)14-11-13-6-7-20-11/h4-7,15H,1-3H3,(H,13,14,16). The quantitative estimate of drug-likeness (QED) is 0.894. The summed E-state index contributed by atoms with van der Waals surface area (Å²) in [7, 11) is -3.80. The van der Waals surface area contributed by atoms with Crippen LogP contribution < -0.4 is 10.0 Å². The normalized spacial score (nSPS) is 12.3. The number of sulfonamides is 1. The number of rotatable bonds is 4. The first-order valence-electron chi connectivity index (χ1n) is 6.02.